The minimum Gasteiger partial charge on any atom is -0.441 e. The molecule has 0 saturated carbocycles. The lowest BCUT2D eigenvalue weighted by atomic mass is 10.1. The maximum atomic E-state index is 6.01. The van der Waals surface area contributed by atoms with E-state index in [1.54, 1.807) is 0 Å². The Morgan fingerprint density at radius 2 is 2.12 bits per heavy atom. The molecule has 1 heterocycles. The van der Waals surface area contributed by atoms with E-state index in [1.165, 1.54) is 0 Å². The summed E-state index contributed by atoms with van der Waals surface area (Å²) in [6, 6.07) is 6.00. The number of hydrogen-bond acceptors (Lipinski definition) is 4. The monoisotopic (exact) mass is 233 g/mol. The zero-order valence-corrected chi connectivity index (χ0v) is 10.8. The second-order valence-corrected chi connectivity index (χ2v) is 5.23. The van der Waals surface area contributed by atoms with Crippen molar-refractivity contribution in [3.8, 4) is 0 Å². The van der Waals surface area contributed by atoms with Crippen LogP contribution in [0.1, 0.15) is 19.7 Å². The second kappa shape index (κ2) is 4.04. The minimum atomic E-state index is -0.219. The van der Waals surface area contributed by atoms with Gasteiger partial charge in [-0.25, -0.2) is 4.98 Å². The van der Waals surface area contributed by atoms with Gasteiger partial charge < -0.3 is 15.1 Å². The third-order valence-electron chi connectivity index (χ3n) is 2.56. The molecule has 4 heteroatoms. The lowest BCUT2D eigenvalue weighted by Crippen LogP contribution is -2.44. The van der Waals surface area contributed by atoms with Gasteiger partial charge in [0.2, 0.25) is 0 Å². The summed E-state index contributed by atoms with van der Waals surface area (Å²) >= 11 is 0. The number of fused-ring (bicyclic) bond motifs is 1. The van der Waals surface area contributed by atoms with Gasteiger partial charge in [-0.2, -0.15) is 0 Å². The van der Waals surface area contributed by atoms with Crippen LogP contribution in [0, 0.1) is 6.92 Å². The van der Waals surface area contributed by atoms with E-state index in [1.807, 2.05) is 46.0 Å². The first-order valence-electron chi connectivity index (χ1n) is 5.72. The summed E-state index contributed by atoms with van der Waals surface area (Å²) < 4.78 is 5.45. The summed E-state index contributed by atoms with van der Waals surface area (Å²) in [5.41, 5.74) is 8.61. The fraction of sp³-hybridized carbons (Fsp3) is 0.462. The molecule has 0 saturated heterocycles. The number of rotatable bonds is 3. The lowest BCUT2D eigenvalue weighted by molar-refractivity contribution is 0.519. The average molecular weight is 233 g/mol. The Hall–Kier alpha value is -1.55. The van der Waals surface area contributed by atoms with Crippen LogP contribution in [-0.2, 0) is 0 Å². The van der Waals surface area contributed by atoms with E-state index in [-0.39, 0.29) is 5.54 Å². The van der Waals surface area contributed by atoms with Crippen molar-refractivity contribution in [1.29, 1.82) is 0 Å². The molecule has 0 bridgehead atoms. The number of likely N-dealkylation sites (N-methyl/N-ethyl adjacent to an activating group) is 1. The first-order chi connectivity index (χ1) is 7.85. The average Bonchev–Trinajstić information content (AvgIpc) is 2.53. The highest BCUT2D eigenvalue weighted by atomic mass is 16.3. The zero-order valence-electron chi connectivity index (χ0n) is 10.8. The van der Waals surface area contributed by atoms with Crippen LogP contribution in [0.15, 0.2) is 22.6 Å². The molecule has 0 aliphatic heterocycles. The molecule has 17 heavy (non-hydrogen) atoms. The smallest absolute Gasteiger partial charge is 0.192 e. The third kappa shape index (κ3) is 2.77. The van der Waals surface area contributed by atoms with Gasteiger partial charge in [0.25, 0.3) is 0 Å². The van der Waals surface area contributed by atoms with Crippen LogP contribution >= 0.6 is 0 Å². The summed E-state index contributed by atoms with van der Waals surface area (Å²) in [6.45, 7) is 6.67. The van der Waals surface area contributed by atoms with Crippen LogP contribution in [0.25, 0.3) is 11.1 Å². The highest BCUT2D eigenvalue weighted by molar-refractivity contribution is 5.77. The number of aryl methyl sites for hydroxylation is 1. The number of anilines is 1. The zero-order chi connectivity index (χ0) is 12.6. The molecule has 92 valence electrons. The van der Waals surface area contributed by atoms with Gasteiger partial charge in [-0.15, -0.1) is 0 Å². The Labute approximate surface area is 101 Å². The van der Waals surface area contributed by atoms with Crippen LogP contribution in [-0.4, -0.2) is 24.1 Å². The van der Waals surface area contributed by atoms with Crippen LogP contribution in [0.5, 0.6) is 0 Å². The number of hydrogen-bond donors (Lipinski definition) is 1. The normalized spacial score (nSPS) is 12.1. The topological polar surface area (TPSA) is 55.3 Å². The summed E-state index contributed by atoms with van der Waals surface area (Å²) in [4.78, 5) is 6.46. The molecule has 1 aromatic heterocycles. The molecule has 0 unspecified atom stereocenters. The fourth-order valence-electron chi connectivity index (χ4n) is 1.97. The highest BCUT2D eigenvalue weighted by Gasteiger charge is 2.15. The molecular formula is C13H19N3O. The van der Waals surface area contributed by atoms with E-state index < -0.39 is 0 Å². The number of nitrogens with two attached hydrogens (primary N) is 1. The summed E-state index contributed by atoms with van der Waals surface area (Å²) in [6.07, 6.45) is 0. The van der Waals surface area contributed by atoms with Gasteiger partial charge in [0.1, 0.15) is 5.52 Å². The van der Waals surface area contributed by atoms with Crippen molar-refractivity contribution in [2.75, 3.05) is 18.5 Å². The summed E-state index contributed by atoms with van der Waals surface area (Å²) in [7, 11) is 2.03. The molecule has 0 fully saturated rings. The van der Waals surface area contributed by atoms with Gasteiger partial charge in [0.05, 0.1) is 0 Å². The molecule has 0 aliphatic carbocycles. The first-order valence-corrected chi connectivity index (χ1v) is 5.72. The second-order valence-electron chi connectivity index (χ2n) is 5.23. The van der Waals surface area contributed by atoms with Gasteiger partial charge in [-0.3, -0.25) is 0 Å². The number of nitrogens with zero attached hydrogens (tertiary/aromatic N) is 2. The van der Waals surface area contributed by atoms with Crippen LogP contribution < -0.4 is 10.6 Å². The van der Waals surface area contributed by atoms with Crippen molar-refractivity contribution >= 4 is 16.8 Å². The highest BCUT2D eigenvalue weighted by Crippen LogP contribution is 2.22. The standard InChI is InChI=1S/C13H19N3O/c1-9-15-11-7-10(5-6-12(11)17-9)16(4)8-13(2,3)14/h5-7H,8,14H2,1-4H3. The van der Waals surface area contributed by atoms with Crippen molar-refractivity contribution in [1.82, 2.24) is 4.98 Å². The minimum absolute atomic E-state index is 0.219. The molecule has 2 N–H and O–H groups in total. The number of oxazole rings is 1. The molecule has 0 radical (unpaired) electrons. The molecule has 0 amide bonds. The SMILES string of the molecule is Cc1nc2cc(N(C)CC(C)(C)N)ccc2o1. The van der Waals surface area contributed by atoms with Crippen molar-refractivity contribution in [3.05, 3.63) is 24.1 Å². The van der Waals surface area contributed by atoms with Crippen molar-refractivity contribution < 1.29 is 4.42 Å². The van der Waals surface area contributed by atoms with Crippen molar-refractivity contribution in [2.45, 2.75) is 26.3 Å². The van der Waals surface area contributed by atoms with Gasteiger partial charge >= 0.3 is 0 Å². The van der Waals surface area contributed by atoms with E-state index in [0.29, 0.717) is 5.89 Å². The third-order valence-corrected chi connectivity index (χ3v) is 2.56. The Morgan fingerprint density at radius 1 is 1.41 bits per heavy atom. The molecule has 0 spiro atoms. The Morgan fingerprint density at radius 3 is 2.76 bits per heavy atom. The molecule has 2 rings (SSSR count). The van der Waals surface area contributed by atoms with Gasteiger partial charge in [-0.1, -0.05) is 0 Å². The largest absolute Gasteiger partial charge is 0.441 e. The summed E-state index contributed by atoms with van der Waals surface area (Å²) in [5, 5.41) is 0. The molecule has 4 nitrogen and oxygen atoms in total. The Balaban J connectivity index is 2.29. The van der Waals surface area contributed by atoms with Crippen LogP contribution in [0.3, 0.4) is 0 Å². The number of aromatic nitrogens is 1. The van der Waals surface area contributed by atoms with Gasteiger partial charge in [-0.05, 0) is 32.0 Å². The summed E-state index contributed by atoms with van der Waals surface area (Å²) in [5.74, 6) is 0.693. The molecule has 0 aliphatic rings. The van der Waals surface area contributed by atoms with Crippen LogP contribution in [0.2, 0.25) is 0 Å². The van der Waals surface area contributed by atoms with Crippen molar-refractivity contribution in [3.63, 3.8) is 0 Å². The Kier molecular flexibility index (Phi) is 2.83. The van der Waals surface area contributed by atoms with Crippen LogP contribution in [0.4, 0.5) is 5.69 Å². The van der Waals surface area contributed by atoms with Crippen molar-refractivity contribution in [2.24, 2.45) is 5.73 Å². The predicted octanol–water partition coefficient (Wildman–Crippen LogP) is 2.31. The lowest BCUT2D eigenvalue weighted by Gasteiger charge is -2.28. The maximum absolute atomic E-state index is 6.01. The molecule has 0 atom stereocenters. The van der Waals surface area contributed by atoms with E-state index >= 15 is 0 Å². The van der Waals surface area contributed by atoms with E-state index in [2.05, 4.69) is 9.88 Å². The Bertz CT molecular complexity index is 525. The van der Waals surface area contributed by atoms with Gasteiger partial charge in [0, 0.05) is 31.7 Å². The van der Waals surface area contributed by atoms with E-state index in [0.717, 1.165) is 23.3 Å². The first kappa shape index (κ1) is 11.9. The van der Waals surface area contributed by atoms with E-state index in [9.17, 15) is 0 Å². The van der Waals surface area contributed by atoms with E-state index in [4.69, 9.17) is 10.2 Å². The predicted molar refractivity (Wildman–Crippen MR) is 70.3 cm³/mol. The maximum Gasteiger partial charge on any atom is 0.192 e. The molecule has 2 aromatic rings. The fourth-order valence-corrected chi connectivity index (χ4v) is 1.97. The molecule has 1 aromatic carbocycles. The number of benzene rings is 1. The quantitative estimate of drug-likeness (QED) is 0.883. The molecular weight excluding hydrogens is 214 g/mol. The van der Waals surface area contributed by atoms with Gasteiger partial charge in [0.15, 0.2) is 11.5 Å².